The van der Waals surface area contributed by atoms with Gasteiger partial charge in [-0.05, 0) is 18.9 Å². The first-order chi connectivity index (χ1) is 15.9. The van der Waals surface area contributed by atoms with Crippen molar-refractivity contribution in [1.82, 2.24) is 10.2 Å². The Hall–Kier alpha value is -1.19. The molecule has 2 heterocycles. The number of nitrogens with two attached hydrogens (primary N) is 1. The van der Waals surface area contributed by atoms with Crippen molar-refractivity contribution in [2.24, 2.45) is 5.73 Å². The van der Waals surface area contributed by atoms with Gasteiger partial charge < -0.3 is 31.1 Å². The molecule has 0 aliphatic carbocycles. The minimum Gasteiger partial charge on any atom is -0.394 e. The number of aliphatic hydroxyl groups excluding tert-OH is 3. The van der Waals surface area contributed by atoms with Crippen LogP contribution < -0.4 is 11.1 Å². The summed E-state index contributed by atoms with van der Waals surface area (Å²) in [7, 11) is 0. The van der Waals surface area contributed by atoms with E-state index in [1.165, 1.54) is 88.1 Å². The average Bonchev–Trinajstić information content (AvgIpc) is 3.08. The summed E-state index contributed by atoms with van der Waals surface area (Å²) in [6.07, 6.45) is 17.3. The smallest absolute Gasteiger partial charge is 0.325 e. The molecule has 6 N–H and O–H groups in total. The van der Waals surface area contributed by atoms with Gasteiger partial charge in [0.15, 0.2) is 6.23 Å². The summed E-state index contributed by atoms with van der Waals surface area (Å²) in [4.78, 5) is 13.7. The number of nitrogens with one attached hydrogen (secondary N) is 1. The van der Waals surface area contributed by atoms with E-state index in [2.05, 4.69) is 12.2 Å². The van der Waals surface area contributed by atoms with Crippen LogP contribution in [0.5, 0.6) is 0 Å². The van der Waals surface area contributed by atoms with Gasteiger partial charge in [0, 0.05) is 6.20 Å². The first-order valence-corrected chi connectivity index (χ1v) is 13.1. The van der Waals surface area contributed by atoms with Crippen LogP contribution >= 0.6 is 0 Å². The summed E-state index contributed by atoms with van der Waals surface area (Å²) in [5.74, 6) is 0. The number of carbonyl (C=O) groups excluding carboxylic acids is 1. The van der Waals surface area contributed by atoms with Crippen molar-refractivity contribution in [3.05, 3.63) is 12.3 Å². The minimum absolute atomic E-state index is 0.437. The second-order valence-corrected chi connectivity index (χ2v) is 9.77. The Balaban J connectivity index is 1.54. The predicted octanol–water partition coefficient (Wildman–Crippen LogP) is 3.49. The van der Waals surface area contributed by atoms with Crippen LogP contribution in [0.25, 0.3) is 0 Å². The normalized spacial score (nSPS) is 29.6. The lowest BCUT2D eigenvalue weighted by atomic mass is 9.99. The first kappa shape index (κ1) is 28.1. The average molecular weight is 470 g/mol. The van der Waals surface area contributed by atoms with Crippen molar-refractivity contribution < 1.29 is 24.9 Å². The molecule has 2 aliphatic heterocycles. The lowest BCUT2D eigenvalue weighted by molar-refractivity contribution is -0.0670. The zero-order valence-electron chi connectivity index (χ0n) is 20.5. The molecule has 5 atom stereocenters. The minimum atomic E-state index is -1.30. The third kappa shape index (κ3) is 9.17. The van der Waals surface area contributed by atoms with E-state index in [1.807, 2.05) is 0 Å². The third-order valence-electron chi connectivity index (χ3n) is 6.84. The Morgan fingerprint density at radius 2 is 1.45 bits per heavy atom. The highest BCUT2D eigenvalue weighted by Gasteiger charge is 2.47. The number of aliphatic hydroxyl groups is 3. The van der Waals surface area contributed by atoms with Crippen molar-refractivity contribution in [2.75, 3.05) is 6.61 Å². The monoisotopic (exact) mass is 469 g/mol. The topological polar surface area (TPSA) is 128 Å². The highest BCUT2D eigenvalue weighted by molar-refractivity contribution is 5.78. The van der Waals surface area contributed by atoms with E-state index >= 15 is 0 Å². The first-order valence-electron chi connectivity index (χ1n) is 13.1. The van der Waals surface area contributed by atoms with Crippen LogP contribution in [-0.4, -0.2) is 63.1 Å². The molecule has 1 fully saturated rings. The van der Waals surface area contributed by atoms with Crippen molar-refractivity contribution in [3.8, 4) is 0 Å². The molecular weight excluding hydrogens is 422 g/mol. The molecule has 0 saturated carbocycles. The van der Waals surface area contributed by atoms with E-state index in [1.54, 1.807) is 6.08 Å². The van der Waals surface area contributed by atoms with Crippen LogP contribution in [0.3, 0.4) is 0 Å². The van der Waals surface area contributed by atoms with Gasteiger partial charge in [-0.1, -0.05) is 90.4 Å². The summed E-state index contributed by atoms with van der Waals surface area (Å²) < 4.78 is 5.42. The number of rotatable bonds is 17. The number of carbonyl (C=O) groups is 1. The molecule has 2 rings (SSSR count). The number of hydrogen-bond donors (Lipinski definition) is 5. The van der Waals surface area contributed by atoms with Crippen LogP contribution in [0, 0.1) is 0 Å². The van der Waals surface area contributed by atoms with Crippen molar-refractivity contribution >= 4 is 6.03 Å². The van der Waals surface area contributed by atoms with Gasteiger partial charge in [-0.2, -0.15) is 0 Å². The van der Waals surface area contributed by atoms with E-state index in [4.69, 9.17) is 10.5 Å². The Bertz CT molecular complexity index is 590. The zero-order chi connectivity index (χ0) is 24.1. The highest BCUT2D eigenvalue weighted by Crippen LogP contribution is 2.27. The second kappa shape index (κ2) is 14.9. The summed E-state index contributed by atoms with van der Waals surface area (Å²) >= 11 is 0. The fraction of sp³-hybridized carbons (Fsp3) is 0.880. The quantitative estimate of drug-likeness (QED) is 0.207. The molecular formula is C25H47N3O5. The molecule has 8 nitrogen and oxygen atoms in total. The van der Waals surface area contributed by atoms with Gasteiger partial charge in [-0.3, -0.25) is 4.90 Å². The lowest BCUT2D eigenvalue weighted by Gasteiger charge is -2.37. The number of ether oxygens (including phenoxy) is 1. The molecule has 2 amide bonds. The van der Waals surface area contributed by atoms with Gasteiger partial charge in [0.2, 0.25) is 0 Å². The summed E-state index contributed by atoms with van der Waals surface area (Å²) in [5.41, 5.74) is 5.41. The lowest BCUT2D eigenvalue weighted by Crippen LogP contribution is -2.62. The van der Waals surface area contributed by atoms with Crippen LogP contribution in [0.2, 0.25) is 0 Å². The molecule has 8 heteroatoms. The fourth-order valence-corrected chi connectivity index (χ4v) is 4.65. The molecule has 192 valence electrons. The zero-order valence-corrected chi connectivity index (χ0v) is 20.5. The van der Waals surface area contributed by atoms with E-state index < -0.39 is 42.8 Å². The molecule has 33 heavy (non-hydrogen) atoms. The summed E-state index contributed by atoms with van der Waals surface area (Å²) in [6.45, 7) is 1.82. The van der Waals surface area contributed by atoms with Crippen LogP contribution in [0.4, 0.5) is 4.79 Å². The molecule has 2 aliphatic rings. The number of amides is 2. The second-order valence-electron chi connectivity index (χ2n) is 9.77. The van der Waals surface area contributed by atoms with E-state index in [0.29, 0.717) is 6.42 Å². The number of nitrogens with zero attached hydrogens (tertiary/aromatic N) is 1. The summed E-state index contributed by atoms with van der Waals surface area (Å²) in [5, 5.41) is 32.0. The standard InChI is InChI=1S/C25H47N3O5/c1-2-3-4-5-6-7-8-9-10-11-12-13-14-15-16-25(26)17-18-28(24(32)27-25)23-22(31)21(30)20(19-29)33-23/h17-18,20-23,29-31H,2-16,19,26H2,1H3,(H,27,32)/t20-,21-,22-,23-,25?/m1/s1. The molecule has 0 aromatic rings. The van der Waals surface area contributed by atoms with Gasteiger partial charge in [-0.25, -0.2) is 4.79 Å². The van der Waals surface area contributed by atoms with Gasteiger partial charge in [0.1, 0.15) is 24.0 Å². The van der Waals surface area contributed by atoms with E-state index in [-0.39, 0.29) is 0 Å². The molecule has 1 saturated heterocycles. The molecule has 0 aromatic carbocycles. The molecule has 0 spiro atoms. The molecule has 1 unspecified atom stereocenters. The van der Waals surface area contributed by atoms with Crippen molar-refractivity contribution in [3.63, 3.8) is 0 Å². The maximum Gasteiger partial charge on any atom is 0.325 e. The number of unbranched alkanes of at least 4 members (excludes halogenated alkanes) is 13. The number of urea groups is 1. The predicted molar refractivity (Wildman–Crippen MR) is 129 cm³/mol. The number of hydrogen-bond acceptors (Lipinski definition) is 6. The van der Waals surface area contributed by atoms with Gasteiger partial charge >= 0.3 is 6.03 Å². The Kier molecular flexibility index (Phi) is 12.7. The van der Waals surface area contributed by atoms with Crippen LogP contribution in [-0.2, 0) is 4.74 Å². The molecule has 0 aromatic heterocycles. The maximum absolute atomic E-state index is 12.5. The van der Waals surface area contributed by atoms with Crippen molar-refractivity contribution in [2.45, 2.75) is 133 Å². The van der Waals surface area contributed by atoms with E-state index in [0.717, 1.165) is 12.8 Å². The maximum atomic E-state index is 12.5. The van der Waals surface area contributed by atoms with Gasteiger partial charge in [0.05, 0.1) is 6.61 Å². The third-order valence-corrected chi connectivity index (χ3v) is 6.84. The Morgan fingerprint density at radius 3 is 1.91 bits per heavy atom. The SMILES string of the molecule is CCCCCCCCCCCCCCCCC1(N)C=CN([C@@H]2O[C@H](CO)[C@@H](O)[C@H]2O)C(=O)N1. The summed E-state index contributed by atoms with van der Waals surface area (Å²) in [6, 6.07) is -0.486. The fourth-order valence-electron chi connectivity index (χ4n) is 4.65. The van der Waals surface area contributed by atoms with Gasteiger partial charge in [-0.15, -0.1) is 0 Å². The Labute approximate surface area is 199 Å². The Morgan fingerprint density at radius 1 is 0.939 bits per heavy atom. The largest absolute Gasteiger partial charge is 0.394 e. The van der Waals surface area contributed by atoms with Crippen LogP contribution in [0.1, 0.15) is 103 Å². The molecule has 0 bridgehead atoms. The highest BCUT2D eigenvalue weighted by atomic mass is 16.6. The van der Waals surface area contributed by atoms with Crippen LogP contribution in [0.15, 0.2) is 12.3 Å². The van der Waals surface area contributed by atoms with E-state index in [9.17, 15) is 20.1 Å². The molecule has 0 radical (unpaired) electrons. The van der Waals surface area contributed by atoms with Crippen molar-refractivity contribution in [1.29, 1.82) is 0 Å². The van der Waals surface area contributed by atoms with Gasteiger partial charge in [0.25, 0.3) is 0 Å².